The van der Waals surface area contributed by atoms with Crippen molar-refractivity contribution in [1.29, 1.82) is 0 Å². The van der Waals surface area contributed by atoms with Crippen LogP contribution < -0.4 is 0 Å². The Morgan fingerprint density at radius 3 is 2.31 bits per heavy atom. The molecule has 1 aromatic rings. The number of halogens is 2. The second-order valence-corrected chi connectivity index (χ2v) is 7.72. The number of sulfone groups is 1. The molecule has 0 spiro atoms. The summed E-state index contributed by atoms with van der Waals surface area (Å²) in [6, 6.07) is 3.80. The number of benzene rings is 1. The van der Waals surface area contributed by atoms with Gasteiger partial charge < -0.3 is 0 Å². The highest BCUT2D eigenvalue weighted by molar-refractivity contribution is 9.09. The van der Waals surface area contributed by atoms with Crippen LogP contribution in [0.4, 0.5) is 0 Å². The lowest BCUT2D eigenvalue weighted by molar-refractivity contribution is 0.601. The molecule has 0 aromatic heterocycles. The number of alkyl halides is 1. The molecule has 1 aromatic carbocycles. The molecular weight excluding hydrogens is 312 g/mol. The maximum Gasteiger partial charge on any atom is 0.148 e. The van der Waals surface area contributed by atoms with Crippen molar-refractivity contribution in [1.82, 2.24) is 0 Å². The van der Waals surface area contributed by atoms with Gasteiger partial charge >= 0.3 is 0 Å². The first-order valence-electron chi connectivity index (χ1n) is 4.79. The van der Waals surface area contributed by atoms with Gasteiger partial charge in [-0.05, 0) is 36.6 Å². The average Bonchev–Trinajstić information content (AvgIpc) is 2.08. The van der Waals surface area contributed by atoms with Crippen LogP contribution in [0.25, 0.3) is 0 Å². The summed E-state index contributed by atoms with van der Waals surface area (Å²) in [6.07, 6.45) is 1.22. The standard InChI is InChI=1S/C11H14BrClO2S/c1-7-4-9(11(13)5-8(7)2)10(12)6-16(3,14)15/h4-5,10H,6H2,1-3H3. The molecule has 0 N–H and O–H groups in total. The highest BCUT2D eigenvalue weighted by Crippen LogP contribution is 2.32. The van der Waals surface area contributed by atoms with E-state index in [0.29, 0.717) is 5.02 Å². The third kappa shape index (κ3) is 3.75. The van der Waals surface area contributed by atoms with Gasteiger partial charge in [-0.1, -0.05) is 33.6 Å². The predicted octanol–water partition coefficient (Wildman–Crippen LogP) is 3.44. The zero-order chi connectivity index (χ0) is 12.5. The zero-order valence-electron chi connectivity index (χ0n) is 9.42. The first-order valence-corrected chi connectivity index (χ1v) is 8.14. The van der Waals surface area contributed by atoms with E-state index in [1.165, 1.54) is 6.26 Å². The molecule has 1 atom stereocenters. The van der Waals surface area contributed by atoms with E-state index in [9.17, 15) is 8.42 Å². The van der Waals surface area contributed by atoms with Crippen LogP contribution in [0.15, 0.2) is 12.1 Å². The van der Waals surface area contributed by atoms with Crippen LogP contribution in [0.3, 0.4) is 0 Å². The molecule has 0 saturated carbocycles. The van der Waals surface area contributed by atoms with Gasteiger partial charge in [0.25, 0.3) is 0 Å². The fraction of sp³-hybridized carbons (Fsp3) is 0.455. The Bertz CT molecular complexity index is 497. The largest absolute Gasteiger partial charge is 0.229 e. The van der Waals surface area contributed by atoms with E-state index in [4.69, 9.17) is 11.6 Å². The van der Waals surface area contributed by atoms with Gasteiger partial charge in [-0.2, -0.15) is 0 Å². The van der Waals surface area contributed by atoms with Gasteiger partial charge in [-0.25, -0.2) is 8.42 Å². The molecule has 2 nitrogen and oxygen atoms in total. The minimum absolute atomic E-state index is 0.0508. The molecule has 0 radical (unpaired) electrons. The van der Waals surface area contributed by atoms with Crippen molar-refractivity contribution in [2.45, 2.75) is 18.7 Å². The van der Waals surface area contributed by atoms with Gasteiger partial charge in [0.2, 0.25) is 0 Å². The topological polar surface area (TPSA) is 34.1 Å². The molecule has 0 aliphatic rings. The van der Waals surface area contributed by atoms with E-state index in [2.05, 4.69) is 15.9 Å². The molecule has 1 rings (SSSR count). The Morgan fingerprint density at radius 1 is 1.31 bits per heavy atom. The summed E-state index contributed by atoms with van der Waals surface area (Å²) in [5.41, 5.74) is 3.04. The predicted molar refractivity (Wildman–Crippen MR) is 72.3 cm³/mol. The van der Waals surface area contributed by atoms with Gasteiger partial charge in [0.05, 0.1) is 10.6 Å². The van der Waals surface area contributed by atoms with Crippen molar-refractivity contribution >= 4 is 37.4 Å². The van der Waals surface area contributed by atoms with E-state index >= 15 is 0 Å². The quantitative estimate of drug-likeness (QED) is 0.798. The van der Waals surface area contributed by atoms with Gasteiger partial charge in [0, 0.05) is 11.3 Å². The molecule has 1 unspecified atom stereocenters. The Kier molecular flexibility index (Phi) is 4.43. The first-order chi connectivity index (χ1) is 7.20. The number of aryl methyl sites for hydroxylation is 2. The highest BCUT2D eigenvalue weighted by Gasteiger charge is 2.17. The fourth-order valence-corrected chi connectivity index (χ4v) is 4.41. The normalized spacial score (nSPS) is 13.8. The van der Waals surface area contributed by atoms with Crippen LogP contribution in [0, 0.1) is 13.8 Å². The van der Waals surface area contributed by atoms with Gasteiger partial charge in [0.1, 0.15) is 9.84 Å². The van der Waals surface area contributed by atoms with Crippen LogP contribution in [-0.4, -0.2) is 20.4 Å². The van der Waals surface area contributed by atoms with Crippen molar-refractivity contribution in [2.75, 3.05) is 12.0 Å². The monoisotopic (exact) mass is 324 g/mol. The molecule has 0 aliphatic heterocycles. The third-order valence-electron chi connectivity index (χ3n) is 2.40. The average molecular weight is 326 g/mol. The van der Waals surface area contributed by atoms with E-state index in [0.717, 1.165) is 16.7 Å². The smallest absolute Gasteiger partial charge is 0.148 e. The molecule has 0 fully saturated rings. The molecule has 0 aliphatic carbocycles. The Hall–Kier alpha value is -0.0600. The summed E-state index contributed by atoms with van der Waals surface area (Å²) in [5.74, 6) is 0.0508. The summed E-state index contributed by atoms with van der Waals surface area (Å²) in [6.45, 7) is 3.96. The summed E-state index contributed by atoms with van der Waals surface area (Å²) < 4.78 is 22.4. The SMILES string of the molecule is Cc1cc(Cl)c(C(Br)CS(C)(=O)=O)cc1C. The number of hydrogen-bond acceptors (Lipinski definition) is 2. The van der Waals surface area contributed by atoms with Crippen molar-refractivity contribution in [3.8, 4) is 0 Å². The van der Waals surface area contributed by atoms with Gasteiger partial charge in [-0.3, -0.25) is 0 Å². The number of rotatable bonds is 3. The summed E-state index contributed by atoms with van der Waals surface area (Å²) in [7, 11) is -3.02. The molecule has 0 bridgehead atoms. The van der Waals surface area contributed by atoms with Crippen LogP contribution in [0.2, 0.25) is 5.02 Å². The molecule has 5 heteroatoms. The second kappa shape index (κ2) is 5.07. The molecule has 0 saturated heterocycles. The van der Waals surface area contributed by atoms with Gasteiger partial charge in [-0.15, -0.1) is 0 Å². The Labute approximate surface area is 110 Å². The zero-order valence-corrected chi connectivity index (χ0v) is 12.6. The summed E-state index contributed by atoms with van der Waals surface area (Å²) >= 11 is 9.47. The van der Waals surface area contributed by atoms with Crippen molar-refractivity contribution in [3.63, 3.8) is 0 Å². The minimum Gasteiger partial charge on any atom is -0.229 e. The maximum absolute atomic E-state index is 11.2. The third-order valence-corrected chi connectivity index (χ3v) is 4.91. The van der Waals surface area contributed by atoms with Gasteiger partial charge in [0.15, 0.2) is 0 Å². The summed E-state index contributed by atoms with van der Waals surface area (Å²) in [5, 5.41) is 0.605. The maximum atomic E-state index is 11.2. The van der Waals surface area contributed by atoms with E-state index in [1.54, 1.807) is 0 Å². The molecule has 90 valence electrons. The fourth-order valence-electron chi connectivity index (χ4n) is 1.40. The van der Waals surface area contributed by atoms with Crippen molar-refractivity contribution in [2.24, 2.45) is 0 Å². The molecule has 0 heterocycles. The highest BCUT2D eigenvalue weighted by atomic mass is 79.9. The van der Waals surface area contributed by atoms with Crippen molar-refractivity contribution < 1.29 is 8.42 Å². The minimum atomic E-state index is -3.02. The van der Waals surface area contributed by atoms with Crippen molar-refractivity contribution in [3.05, 3.63) is 33.8 Å². The second-order valence-electron chi connectivity index (χ2n) is 4.02. The van der Waals surface area contributed by atoms with E-state index in [-0.39, 0.29) is 10.6 Å². The molecule has 0 amide bonds. The van der Waals surface area contributed by atoms with Crippen LogP contribution in [0.5, 0.6) is 0 Å². The Balaban J connectivity index is 3.09. The lowest BCUT2D eigenvalue weighted by Gasteiger charge is -2.13. The lowest BCUT2D eigenvalue weighted by Crippen LogP contribution is -2.09. The van der Waals surface area contributed by atoms with E-state index in [1.807, 2.05) is 26.0 Å². The summed E-state index contributed by atoms with van der Waals surface area (Å²) in [4.78, 5) is -0.255. The lowest BCUT2D eigenvalue weighted by atomic mass is 10.0. The molecular formula is C11H14BrClO2S. The Morgan fingerprint density at radius 2 is 1.81 bits per heavy atom. The first kappa shape index (κ1) is 14.0. The number of hydrogen-bond donors (Lipinski definition) is 0. The van der Waals surface area contributed by atoms with Crippen LogP contribution >= 0.6 is 27.5 Å². The van der Waals surface area contributed by atoms with E-state index < -0.39 is 9.84 Å². The van der Waals surface area contributed by atoms with Crippen LogP contribution in [-0.2, 0) is 9.84 Å². The molecule has 16 heavy (non-hydrogen) atoms. The van der Waals surface area contributed by atoms with Crippen LogP contribution in [0.1, 0.15) is 21.5 Å².